The van der Waals surface area contributed by atoms with Gasteiger partial charge in [0, 0.05) is 25.2 Å². The van der Waals surface area contributed by atoms with Gasteiger partial charge >= 0.3 is 0 Å². The molecule has 1 fully saturated rings. The van der Waals surface area contributed by atoms with E-state index in [4.69, 9.17) is 4.74 Å². The second kappa shape index (κ2) is 9.30. The number of amides is 1. The molecule has 4 rings (SSSR count). The van der Waals surface area contributed by atoms with E-state index in [1.165, 1.54) is 5.56 Å². The number of nitrogens with one attached hydrogen (secondary N) is 2. The fourth-order valence-electron chi connectivity index (χ4n) is 4.47. The van der Waals surface area contributed by atoms with Crippen molar-refractivity contribution in [3.63, 3.8) is 0 Å². The zero-order valence-electron chi connectivity index (χ0n) is 17.7. The van der Waals surface area contributed by atoms with E-state index >= 15 is 0 Å². The highest BCUT2D eigenvalue weighted by atomic mass is 16.5. The third-order valence-corrected chi connectivity index (χ3v) is 6.02. The summed E-state index contributed by atoms with van der Waals surface area (Å²) in [7, 11) is 1.62. The summed E-state index contributed by atoms with van der Waals surface area (Å²) in [5.41, 5.74) is 2.81. The predicted molar refractivity (Wildman–Crippen MR) is 119 cm³/mol. The number of benzene rings is 2. The van der Waals surface area contributed by atoms with Gasteiger partial charge in [0.25, 0.3) is 5.91 Å². The Bertz CT molecular complexity index is 985. The lowest BCUT2D eigenvalue weighted by molar-refractivity contribution is 0.0617. The lowest BCUT2D eigenvalue weighted by Gasteiger charge is -2.37. The van der Waals surface area contributed by atoms with E-state index in [0.29, 0.717) is 29.7 Å². The Labute approximate surface area is 177 Å². The molecule has 1 aliphatic carbocycles. The minimum Gasteiger partial charge on any atom is -0.494 e. The van der Waals surface area contributed by atoms with Crippen LogP contribution in [0.5, 0.6) is 5.75 Å². The number of rotatable bonds is 7. The zero-order valence-corrected chi connectivity index (χ0v) is 17.7. The van der Waals surface area contributed by atoms with E-state index in [1.54, 1.807) is 7.11 Å². The minimum absolute atomic E-state index is 0.0375. The predicted octanol–water partition coefficient (Wildman–Crippen LogP) is 4.13. The number of carbonyl (C=O) groups is 1. The number of aromatic nitrogens is 2. The smallest absolute Gasteiger partial charge is 0.289 e. The molecule has 0 aliphatic heterocycles. The fraction of sp³-hybridized carbons (Fsp3) is 0.417. The van der Waals surface area contributed by atoms with Crippen LogP contribution >= 0.6 is 0 Å². The van der Waals surface area contributed by atoms with Crippen LogP contribution in [0.25, 0.3) is 11.0 Å². The number of hydrogen-bond acceptors (Lipinski definition) is 4. The van der Waals surface area contributed by atoms with Crippen LogP contribution in [0.15, 0.2) is 48.5 Å². The molecule has 6 nitrogen and oxygen atoms in total. The maximum atomic E-state index is 13.3. The molecule has 2 atom stereocenters. The van der Waals surface area contributed by atoms with Gasteiger partial charge in [0.1, 0.15) is 11.3 Å². The second-order valence-corrected chi connectivity index (χ2v) is 7.92. The highest BCUT2D eigenvalue weighted by Gasteiger charge is 2.30. The Morgan fingerprint density at radius 3 is 2.80 bits per heavy atom. The largest absolute Gasteiger partial charge is 0.494 e. The van der Waals surface area contributed by atoms with Gasteiger partial charge in [0.15, 0.2) is 5.82 Å². The third-order valence-electron chi connectivity index (χ3n) is 6.02. The van der Waals surface area contributed by atoms with E-state index < -0.39 is 0 Å². The summed E-state index contributed by atoms with van der Waals surface area (Å²) in [4.78, 5) is 23.0. The third kappa shape index (κ3) is 4.33. The Morgan fingerprint density at radius 2 is 2.03 bits per heavy atom. The van der Waals surface area contributed by atoms with Gasteiger partial charge in [0.2, 0.25) is 0 Å². The Hall–Kier alpha value is -2.86. The zero-order chi connectivity index (χ0) is 20.9. The average Bonchev–Trinajstić information content (AvgIpc) is 3.24. The van der Waals surface area contributed by atoms with Crippen LogP contribution in [-0.2, 0) is 6.54 Å². The molecular weight excluding hydrogens is 376 g/mol. The fourth-order valence-corrected chi connectivity index (χ4v) is 4.47. The number of imidazole rings is 1. The highest BCUT2D eigenvalue weighted by molar-refractivity contribution is 5.95. The molecule has 0 bridgehead atoms. The number of carbonyl (C=O) groups excluding carboxylic acids is 1. The summed E-state index contributed by atoms with van der Waals surface area (Å²) in [6.07, 6.45) is 4.27. The monoisotopic (exact) mass is 406 g/mol. The van der Waals surface area contributed by atoms with E-state index in [-0.39, 0.29) is 11.9 Å². The molecule has 1 aliphatic rings. The molecule has 1 heterocycles. The first-order valence-corrected chi connectivity index (χ1v) is 10.8. The Balaban J connectivity index is 1.45. The van der Waals surface area contributed by atoms with Crippen LogP contribution in [0.2, 0.25) is 0 Å². The van der Waals surface area contributed by atoms with Crippen molar-refractivity contribution in [1.29, 1.82) is 0 Å². The standard InChI is InChI=1S/C24H30N4O2/c1-3-28(24(29)23-26-20-13-8-14-21(30-2)22(20)27-23)19-12-7-11-18(15-19)25-16-17-9-5-4-6-10-17/h4-6,8-10,13-14,18-19,25H,3,7,11-12,15-16H2,1-2H3,(H,26,27). The number of para-hydroxylation sites is 1. The SMILES string of the molecule is CCN(C(=O)c1nc2c(OC)cccc2[nH]1)C1CCCC(NCc2ccccc2)C1. The molecule has 0 spiro atoms. The van der Waals surface area contributed by atoms with E-state index in [9.17, 15) is 4.79 Å². The molecule has 3 aromatic rings. The van der Waals surface area contributed by atoms with Gasteiger partial charge in [-0.1, -0.05) is 36.4 Å². The maximum absolute atomic E-state index is 13.3. The van der Waals surface area contributed by atoms with Gasteiger partial charge in [-0.3, -0.25) is 4.79 Å². The summed E-state index contributed by atoms with van der Waals surface area (Å²) >= 11 is 0. The van der Waals surface area contributed by atoms with Crippen molar-refractivity contribution in [2.24, 2.45) is 0 Å². The summed E-state index contributed by atoms with van der Waals surface area (Å²) in [5, 5.41) is 3.68. The van der Waals surface area contributed by atoms with E-state index in [1.807, 2.05) is 36.1 Å². The Morgan fingerprint density at radius 1 is 1.20 bits per heavy atom. The second-order valence-electron chi connectivity index (χ2n) is 7.92. The van der Waals surface area contributed by atoms with Gasteiger partial charge in [-0.2, -0.15) is 0 Å². The van der Waals surface area contributed by atoms with Crippen molar-refractivity contribution < 1.29 is 9.53 Å². The van der Waals surface area contributed by atoms with Crippen LogP contribution in [0, 0.1) is 0 Å². The highest BCUT2D eigenvalue weighted by Crippen LogP contribution is 2.27. The molecule has 1 amide bonds. The molecule has 0 radical (unpaired) electrons. The van der Waals surface area contributed by atoms with Crippen molar-refractivity contribution in [3.8, 4) is 5.75 Å². The van der Waals surface area contributed by atoms with E-state index in [2.05, 4.69) is 39.6 Å². The quantitative estimate of drug-likeness (QED) is 0.619. The summed E-state index contributed by atoms with van der Waals surface area (Å²) in [5.74, 6) is 1.02. The first kappa shape index (κ1) is 20.4. The summed E-state index contributed by atoms with van der Waals surface area (Å²) in [6.45, 7) is 3.58. The summed E-state index contributed by atoms with van der Waals surface area (Å²) < 4.78 is 5.39. The van der Waals surface area contributed by atoms with Crippen molar-refractivity contribution in [3.05, 3.63) is 59.9 Å². The van der Waals surface area contributed by atoms with Crippen LogP contribution in [-0.4, -0.2) is 46.5 Å². The number of ether oxygens (including phenoxy) is 1. The number of fused-ring (bicyclic) bond motifs is 1. The molecule has 2 aromatic carbocycles. The number of aromatic amines is 1. The van der Waals surface area contributed by atoms with Crippen LogP contribution in [0.1, 0.15) is 48.8 Å². The minimum atomic E-state index is -0.0375. The van der Waals surface area contributed by atoms with Crippen molar-refractivity contribution in [2.45, 2.75) is 51.2 Å². The molecule has 158 valence electrons. The van der Waals surface area contributed by atoms with Crippen molar-refractivity contribution >= 4 is 16.9 Å². The lowest BCUT2D eigenvalue weighted by atomic mass is 9.89. The van der Waals surface area contributed by atoms with E-state index in [0.717, 1.165) is 37.7 Å². The molecule has 2 N–H and O–H groups in total. The lowest BCUT2D eigenvalue weighted by Crippen LogP contribution is -2.47. The number of hydrogen-bond donors (Lipinski definition) is 2. The normalized spacial score (nSPS) is 19.0. The molecule has 0 saturated heterocycles. The molecule has 6 heteroatoms. The Kier molecular flexibility index (Phi) is 6.33. The van der Waals surface area contributed by atoms with Crippen molar-refractivity contribution in [1.82, 2.24) is 20.2 Å². The topological polar surface area (TPSA) is 70.2 Å². The molecule has 2 unspecified atom stereocenters. The van der Waals surface area contributed by atoms with Gasteiger partial charge in [-0.05, 0) is 50.3 Å². The maximum Gasteiger partial charge on any atom is 0.289 e. The van der Waals surface area contributed by atoms with Gasteiger partial charge in [-0.15, -0.1) is 0 Å². The number of nitrogens with zero attached hydrogens (tertiary/aromatic N) is 2. The van der Waals surface area contributed by atoms with Gasteiger partial charge in [-0.25, -0.2) is 4.98 Å². The van der Waals surface area contributed by atoms with Gasteiger partial charge < -0.3 is 19.9 Å². The van der Waals surface area contributed by atoms with Gasteiger partial charge in [0.05, 0.1) is 12.6 Å². The van der Waals surface area contributed by atoms with Crippen LogP contribution in [0.3, 0.4) is 0 Å². The first-order valence-electron chi connectivity index (χ1n) is 10.8. The van der Waals surface area contributed by atoms with Crippen LogP contribution < -0.4 is 10.1 Å². The molecule has 1 aromatic heterocycles. The van der Waals surface area contributed by atoms with Crippen molar-refractivity contribution in [2.75, 3.05) is 13.7 Å². The molecular formula is C24H30N4O2. The first-order chi connectivity index (χ1) is 14.7. The average molecular weight is 407 g/mol. The molecule has 1 saturated carbocycles. The molecule has 30 heavy (non-hydrogen) atoms. The summed E-state index contributed by atoms with van der Waals surface area (Å²) in [6, 6.07) is 16.8. The number of H-pyrrole nitrogens is 1. The number of methoxy groups -OCH3 is 1. The van der Waals surface area contributed by atoms with Crippen LogP contribution in [0.4, 0.5) is 0 Å².